The molecular weight excluding hydrogens is 363 g/mol. The molecule has 0 spiro atoms. The summed E-state index contributed by atoms with van der Waals surface area (Å²) in [7, 11) is -2.66. The predicted molar refractivity (Wildman–Crippen MR) is 109 cm³/mol. The zero-order valence-electron chi connectivity index (χ0n) is 15.5. The van der Waals surface area contributed by atoms with Crippen LogP contribution < -0.4 is 4.52 Å². The summed E-state index contributed by atoms with van der Waals surface area (Å²) in [5, 5.41) is 19.3. The van der Waals surface area contributed by atoms with Crippen LogP contribution in [0.1, 0.15) is 24.5 Å². The van der Waals surface area contributed by atoms with E-state index < -0.39 is 7.37 Å². The minimum absolute atomic E-state index is 0.0808. The molecule has 0 aromatic heterocycles. The van der Waals surface area contributed by atoms with Gasteiger partial charge >= 0.3 is 0 Å². The fraction of sp³-hybridized carbons (Fsp3) is 0.190. The highest BCUT2D eigenvalue weighted by Gasteiger charge is 2.09. The van der Waals surface area contributed by atoms with Crippen LogP contribution in [-0.2, 0) is 9.36 Å². The van der Waals surface area contributed by atoms with Crippen LogP contribution >= 0.6 is 7.37 Å². The maximum absolute atomic E-state index is 12.0. The zero-order valence-corrected chi connectivity index (χ0v) is 16.4. The summed E-state index contributed by atoms with van der Waals surface area (Å²) < 4.78 is 17.2. The van der Waals surface area contributed by atoms with Crippen molar-refractivity contribution in [2.24, 2.45) is 0 Å². The molecule has 0 aliphatic carbocycles. The van der Waals surface area contributed by atoms with Crippen molar-refractivity contribution in [3.8, 4) is 17.2 Å². The highest BCUT2D eigenvalue weighted by atomic mass is 31.2. The van der Waals surface area contributed by atoms with Crippen LogP contribution in [0, 0.1) is 0 Å². The molecule has 5 nitrogen and oxygen atoms in total. The number of carbonyl (C=O) groups excluding carboxylic acids is 1. The molecule has 0 aliphatic rings. The molecule has 0 unspecified atom stereocenters. The first-order valence-electron chi connectivity index (χ1n) is 8.39. The fourth-order valence-electron chi connectivity index (χ4n) is 2.42. The number of hydrogen-bond acceptors (Lipinski definition) is 5. The van der Waals surface area contributed by atoms with Gasteiger partial charge in [-0.15, -0.1) is 0 Å². The van der Waals surface area contributed by atoms with Crippen molar-refractivity contribution >= 4 is 25.3 Å². The van der Waals surface area contributed by atoms with Gasteiger partial charge in [0.15, 0.2) is 17.3 Å². The maximum atomic E-state index is 12.0. The van der Waals surface area contributed by atoms with Gasteiger partial charge in [0.1, 0.15) is 5.75 Å². The van der Waals surface area contributed by atoms with Crippen LogP contribution in [0.4, 0.5) is 0 Å². The standard InChI is InChI=1S/C21H23O5P/c1-15(22)18(10-5-8-17-9-6-12-20(23)21(17)24)13-16-7-4-11-19(14-16)26-27(2,3)25/h4-9,11-14,23-24H,10H2,1-3H3. The van der Waals surface area contributed by atoms with Crippen molar-refractivity contribution in [3.63, 3.8) is 0 Å². The number of phenols is 2. The van der Waals surface area contributed by atoms with E-state index in [-0.39, 0.29) is 17.3 Å². The second-order valence-corrected chi connectivity index (χ2v) is 9.15. The zero-order chi connectivity index (χ0) is 20.0. The summed E-state index contributed by atoms with van der Waals surface area (Å²) in [6.45, 7) is 4.56. The number of allylic oxidation sites excluding steroid dienone is 2. The predicted octanol–water partition coefficient (Wildman–Crippen LogP) is 5.09. The van der Waals surface area contributed by atoms with Gasteiger partial charge < -0.3 is 14.7 Å². The molecule has 0 amide bonds. The molecule has 0 heterocycles. The van der Waals surface area contributed by atoms with Crippen molar-refractivity contribution in [2.75, 3.05) is 13.3 Å². The molecule has 0 bridgehead atoms. The van der Waals surface area contributed by atoms with E-state index in [1.807, 2.05) is 6.07 Å². The lowest BCUT2D eigenvalue weighted by Crippen LogP contribution is -1.95. The highest BCUT2D eigenvalue weighted by Crippen LogP contribution is 2.39. The Kier molecular flexibility index (Phi) is 6.65. The third kappa shape index (κ3) is 6.46. The summed E-state index contributed by atoms with van der Waals surface area (Å²) in [6, 6.07) is 11.7. The average Bonchev–Trinajstić information content (AvgIpc) is 2.56. The minimum Gasteiger partial charge on any atom is -0.504 e. The summed E-state index contributed by atoms with van der Waals surface area (Å²) >= 11 is 0. The lowest BCUT2D eigenvalue weighted by molar-refractivity contribution is -0.113. The lowest BCUT2D eigenvalue weighted by atomic mass is 10.0. The third-order valence-corrected chi connectivity index (χ3v) is 4.31. The average molecular weight is 386 g/mol. The summed E-state index contributed by atoms with van der Waals surface area (Å²) in [5.74, 6) is 0.0129. The Morgan fingerprint density at radius 1 is 1.15 bits per heavy atom. The minimum atomic E-state index is -2.66. The molecular formula is C21H23O5P. The van der Waals surface area contributed by atoms with Crippen molar-refractivity contribution in [3.05, 3.63) is 65.2 Å². The van der Waals surface area contributed by atoms with E-state index in [0.29, 0.717) is 23.3 Å². The van der Waals surface area contributed by atoms with E-state index in [4.69, 9.17) is 4.52 Å². The molecule has 0 saturated carbocycles. The van der Waals surface area contributed by atoms with Gasteiger partial charge in [-0.1, -0.05) is 36.4 Å². The number of hydrogen-bond donors (Lipinski definition) is 2. The molecule has 2 aromatic rings. The number of phenolic OH excluding ortho intramolecular Hbond substituents is 2. The first-order chi connectivity index (χ1) is 12.7. The SMILES string of the molecule is CC(=O)C(=Cc1cccc(OP(C)(C)=O)c1)CC=Cc1cccc(O)c1O. The summed E-state index contributed by atoms with van der Waals surface area (Å²) in [6.07, 6.45) is 5.50. The van der Waals surface area contributed by atoms with Gasteiger partial charge in [-0.2, -0.15) is 0 Å². The first-order valence-corrected chi connectivity index (χ1v) is 10.9. The van der Waals surface area contributed by atoms with E-state index in [9.17, 15) is 19.6 Å². The van der Waals surface area contributed by atoms with E-state index in [1.165, 1.54) is 26.3 Å². The summed E-state index contributed by atoms with van der Waals surface area (Å²) in [4.78, 5) is 12.0. The number of ketones is 1. The molecule has 0 atom stereocenters. The Hall–Kier alpha value is -2.78. The van der Waals surface area contributed by atoms with Crippen LogP contribution in [0.2, 0.25) is 0 Å². The molecule has 142 valence electrons. The number of Topliss-reactive ketones (excluding diaryl/α,β-unsaturated/α-hetero) is 1. The highest BCUT2D eigenvalue weighted by molar-refractivity contribution is 7.57. The first kappa shape index (κ1) is 20.5. The molecule has 6 heteroatoms. The normalized spacial score (nSPS) is 12.3. The van der Waals surface area contributed by atoms with Gasteiger partial charge in [0, 0.05) is 18.9 Å². The molecule has 0 fully saturated rings. The second-order valence-electron chi connectivity index (χ2n) is 6.46. The lowest BCUT2D eigenvalue weighted by Gasteiger charge is -2.10. The van der Waals surface area contributed by atoms with Crippen LogP contribution in [0.5, 0.6) is 17.2 Å². The van der Waals surface area contributed by atoms with Crippen LogP contribution in [0.25, 0.3) is 12.2 Å². The van der Waals surface area contributed by atoms with Gasteiger partial charge in [-0.25, -0.2) is 0 Å². The Balaban J connectivity index is 2.21. The van der Waals surface area contributed by atoms with E-state index in [0.717, 1.165) is 5.56 Å². The Morgan fingerprint density at radius 2 is 1.85 bits per heavy atom. The van der Waals surface area contributed by atoms with E-state index in [1.54, 1.807) is 48.6 Å². The van der Waals surface area contributed by atoms with Gasteiger partial charge in [-0.05, 0) is 48.8 Å². The largest absolute Gasteiger partial charge is 0.504 e. The maximum Gasteiger partial charge on any atom is 0.242 e. The summed E-state index contributed by atoms with van der Waals surface area (Å²) in [5.41, 5.74) is 1.80. The molecule has 0 saturated heterocycles. The van der Waals surface area contributed by atoms with E-state index in [2.05, 4.69) is 0 Å². The topological polar surface area (TPSA) is 83.8 Å². The van der Waals surface area contributed by atoms with Crippen molar-refractivity contribution in [1.29, 1.82) is 0 Å². The second kappa shape index (κ2) is 8.74. The molecule has 0 radical (unpaired) electrons. The van der Waals surface area contributed by atoms with Gasteiger partial charge in [0.25, 0.3) is 0 Å². The number of rotatable bonds is 7. The quantitative estimate of drug-likeness (QED) is 0.393. The molecule has 2 N–H and O–H groups in total. The van der Waals surface area contributed by atoms with E-state index >= 15 is 0 Å². The van der Waals surface area contributed by atoms with Crippen LogP contribution in [-0.4, -0.2) is 29.3 Å². The van der Waals surface area contributed by atoms with Crippen molar-refractivity contribution < 1.29 is 24.1 Å². The van der Waals surface area contributed by atoms with Crippen molar-refractivity contribution in [1.82, 2.24) is 0 Å². The molecule has 2 rings (SSSR count). The number of carbonyl (C=O) groups is 1. The molecule has 0 aliphatic heterocycles. The fourth-order valence-corrected chi connectivity index (χ4v) is 3.04. The Labute approximate surface area is 159 Å². The smallest absolute Gasteiger partial charge is 0.242 e. The number of benzene rings is 2. The molecule has 2 aromatic carbocycles. The van der Waals surface area contributed by atoms with Gasteiger partial charge in [-0.3, -0.25) is 9.36 Å². The van der Waals surface area contributed by atoms with Crippen molar-refractivity contribution in [2.45, 2.75) is 13.3 Å². The number of aromatic hydroxyl groups is 2. The van der Waals surface area contributed by atoms with Gasteiger partial charge in [0.2, 0.25) is 7.37 Å². The van der Waals surface area contributed by atoms with Gasteiger partial charge in [0.05, 0.1) is 0 Å². The number of para-hydroxylation sites is 1. The Bertz CT molecular complexity index is 937. The monoisotopic (exact) mass is 386 g/mol. The van der Waals surface area contributed by atoms with Crippen LogP contribution in [0.15, 0.2) is 54.1 Å². The van der Waals surface area contributed by atoms with Crippen LogP contribution in [0.3, 0.4) is 0 Å². The third-order valence-electron chi connectivity index (χ3n) is 3.66. The Morgan fingerprint density at radius 3 is 2.52 bits per heavy atom. The molecule has 27 heavy (non-hydrogen) atoms.